The Labute approximate surface area is 164 Å². The number of benzene rings is 2. The number of piperidine rings is 1. The predicted octanol–water partition coefficient (Wildman–Crippen LogP) is 5.02. The average molecular weight is 376 g/mol. The van der Waals surface area contributed by atoms with Gasteiger partial charge in [0.15, 0.2) is 5.69 Å². The Hall–Kier alpha value is -2.99. The number of fused-ring (bicyclic) bond motifs is 1. The number of aromatic hydroxyl groups is 1. The molecule has 0 bridgehead atoms. The van der Waals surface area contributed by atoms with Gasteiger partial charge in [-0.2, -0.15) is 0 Å². The molecule has 144 valence electrons. The highest BCUT2D eigenvalue weighted by atomic mass is 16.3. The lowest BCUT2D eigenvalue weighted by Crippen LogP contribution is -2.31. The first-order chi connectivity index (χ1) is 13.6. The zero-order valence-corrected chi connectivity index (χ0v) is 16.0. The van der Waals surface area contributed by atoms with Crippen LogP contribution in [0.4, 0.5) is 5.69 Å². The second-order valence-electron chi connectivity index (χ2n) is 7.31. The van der Waals surface area contributed by atoms with E-state index in [9.17, 15) is 9.90 Å². The smallest absolute Gasteiger partial charge is 0.295 e. The highest BCUT2D eigenvalue weighted by molar-refractivity contribution is 5.97. The number of rotatable bonds is 4. The number of aryl methyl sites for hydroxylation is 1. The molecule has 1 amide bonds. The number of hydrogen-bond acceptors (Lipinski definition) is 4. The van der Waals surface area contributed by atoms with Crippen LogP contribution in [0.1, 0.15) is 35.2 Å². The molecule has 0 unspecified atom stereocenters. The predicted molar refractivity (Wildman–Crippen MR) is 109 cm³/mol. The molecule has 4 rings (SSSR count). The number of para-hydroxylation sites is 1. The molecule has 1 aromatic heterocycles. The van der Waals surface area contributed by atoms with Crippen LogP contribution >= 0.6 is 0 Å². The molecule has 28 heavy (non-hydrogen) atoms. The van der Waals surface area contributed by atoms with Crippen LogP contribution in [0.25, 0.3) is 10.9 Å². The lowest BCUT2D eigenvalue weighted by molar-refractivity contribution is 0.0995. The Morgan fingerprint density at radius 2 is 1.86 bits per heavy atom. The first-order valence-corrected chi connectivity index (χ1v) is 9.69. The number of amides is 1. The van der Waals surface area contributed by atoms with Crippen molar-refractivity contribution in [2.24, 2.45) is 10.2 Å². The molecule has 6 heteroatoms. The third-order valence-corrected chi connectivity index (χ3v) is 5.21. The van der Waals surface area contributed by atoms with Crippen molar-refractivity contribution >= 4 is 22.5 Å². The Morgan fingerprint density at radius 1 is 1.07 bits per heavy atom. The summed E-state index contributed by atoms with van der Waals surface area (Å²) in [5.41, 5.74) is 2.71. The maximum absolute atomic E-state index is 12.4. The number of hydrogen-bond donors (Lipinski definition) is 1. The molecule has 3 aromatic rings. The van der Waals surface area contributed by atoms with Gasteiger partial charge >= 0.3 is 0 Å². The van der Waals surface area contributed by atoms with Crippen molar-refractivity contribution in [2.45, 2.75) is 32.9 Å². The van der Waals surface area contributed by atoms with Gasteiger partial charge in [0, 0.05) is 10.9 Å². The molecule has 1 fully saturated rings. The van der Waals surface area contributed by atoms with Gasteiger partial charge in [-0.3, -0.25) is 14.3 Å². The van der Waals surface area contributed by atoms with E-state index in [1.165, 1.54) is 19.3 Å². The topological polar surface area (TPSA) is 70.2 Å². The fraction of sp³-hybridized carbons (Fsp3) is 0.318. The molecule has 0 spiro atoms. The van der Waals surface area contributed by atoms with Crippen molar-refractivity contribution in [3.05, 3.63) is 59.7 Å². The largest absolute Gasteiger partial charge is 0.493 e. The molecule has 1 aliphatic heterocycles. The molecule has 1 aliphatic rings. The summed E-state index contributed by atoms with van der Waals surface area (Å²) >= 11 is 0. The SMILES string of the molecule is Cc1cccc(C(=O)N=Nc2c(O)n(CN3CCCCC3)c3ccccc23)c1. The number of likely N-dealkylation sites (tertiary alicyclic amines) is 1. The Bertz CT molecular complexity index is 1030. The lowest BCUT2D eigenvalue weighted by Gasteiger charge is -2.27. The van der Waals surface area contributed by atoms with Gasteiger partial charge in [0.2, 0.25) is 5.88 Å². The summed E-state index contributed by atoms with van der Waals surface area (Å²) in [5, 5.41) is 19.6. The number of azo groups is 1. The van der Waals surface area contributed by atoms with Crippen LogP contribution in [0, 0.1) is 6.92 Å². The highest BCUT2D eigenvalue weighted by Crippen LogP contribution is 2.39. The summed E-state index contributed by atoms with van der Waals surface area (Å²) < 4.78 is 1.85. The van der Waals surface area contributed by atoms with E-state index in [1.807, 2.05) is 47.9 Å². The minimum absolute atomic E-state index is 0.0487. The van der Waals surface area contributed by atoms with Crippen LogP contribution in [0.5, 0.6) is 5.88 Å². The standard InChI is InChI=1S/C22H24N4O2/c1-16-8-7-9-17(14-16)21(27)24-23-20-18-10-3-4-11-19(18)26(22(20)28)15-25-12-5-2-6-13-25/h3-4,7-11,14,28H,2,5-6,12-13,15H2,1H3. The maximum Gasteiger partial charge on any atom is 0.295 e. The molecule has 2 heterocycles. The van der Waals surface area contributed by atoms with Gasteiger partial charge in [0.25, 0.3) is 5.91 Å². The fourth-order valence-corrected chi connectivity index (χ4v) is 3.75. The molecule has 0 aliphatic carbocycles. The summed E-state index contributed by atoms with van der Waals surface area (Å²) in [4.78, 5) is 14.7. The quantitative estimate of drug-likeness (QED) is 0.650. The van der Waals surface area contributed by atoms with Crippen molar-refractivity contribution in [2.75, 3.05) is 13.1 Å². The van der Waals surface area contributed by atoms with Gasteiger partial charge in [-0.05, 0) is 51.1 Å². The summed E-state index contributed by atoms with van der Waals surface area (Å²) in [5.74, 6) is -0.372. The first kappa shape index (κ1) is 18.4. The van der Waals surface area contributed by atoms with Crippen molar-refractivity contribution in [1.29, 1.82) is 0 Å². The van der Waals surface area contributed by atoms with E-state index in [1.54, 1.807) is 12.1 Å². The monoisotopic (exact) mass is 376 g/mol. The zero-order chi connectivity index (χ0) is 19.5. The molecule has 0 saturated carbocycles. The third-order valence-electron chi connectivity index (χ3n) is 5.21. The van der Waals surface area contributed by atoms with Gasteiger partial charge in [0.05, 0.1) is 12.2 Å². The van der Waals surface area contributed by atoms with Crippen LogP contribution in [0.3, 0.4) is 0 Å². The zero-order valence-electron chi connectivity index (χ0n) is 16.0. The Morgan fingerprint density at radius 3 is 2.64 bits per heavy atom. The lowest BCUT2D eigenvalue weighted by atomic mass is 10.1. The fourth-order valence-electron chi connectivity index (χ4n) is 3.75. The number of aromatic nitrogens is 1. The second-order valence-corrected chi connectivity index (χ2v) is 7.31. The molecular formula is C22H24N4O2. The van der Waals surface area contributed by atoms with E-state index < -0.39 is 5.91 Å². The molecule has 6 nitrogen and oxygen atoms in total. The van der Waals surface area contributed by atoms with Crippen LogP contribution < -0.4 is 0 Å². The minimum Gasteiger partial charge on any atom is -0.493 e. The Balaban J connectivity index is 1.67. The van der Waals surface area contributed by atoms with Gasteiger partial charge in [-0.1, -0.05) is 42.3 Å². The van der Waals surface area contributed by atoms with Crippen LogP contribution in [-0.2, 0) is 6.67 Å². The van der Waals surface area contributed by atoms with E-state index >= 15 is 0 Å². The van der Waals surface area contributed by atoms with Crippen LogP contribution in [-0.4, -0.2) is 33.6 Å². The molecule has 0 radical (unpaired) electrons. The number of nitrogens with zero attached hydrogens (tertiary/aromatic N) is 4. The molecule has 2 aromatic carbocycles. The van der Waals surface area contributed by atoms with Gasteiger partial charge in [-0.25, -0.2) is 0 Å². The molecule has 1 saturated heterocycles. The van der Waals surface area contributed by atoms with Crippen molar-refractivity contribution in [3.63, 3.8) is 0 Å². The van der Waals surface area contributed by atoms with E-state index in [0.717, 1.165) is 29.6 Å². The van der Waals surface area contributed by atoms with E-state index in [-0.39, 0.29) is 5.88 Å². The van der Waals surface area contributed by atoms with Crippen LogP contribution in [0.15, 0.2) is 58.8 Å². The van der Waals surface area contributed by atoms with Crippen molar-refractivity contribution in [1.82, 2.24) is 9.47 Å². The maximum atomic E-state index is 12.4. The Kier molecular flexibility index (Phi) is 5.21. The number of carbonyl (C=O) groups excluding carboxylic acids is 1. The highest BCUT2D eigenvalue weighted by Gasteiger charge is 2.19. The summed E-state index contributed by atoms with van der Waals surface area (Å²) in [6.45, 7) is 4.57. The normalized spacial score (nSPS) is 15.5. The summed E-state index contributed by atoms with van der Waals surface area (Å²) in [7, 11) is 0. The van der Waals surface area contributed by atoms with Gasteiger partial charge < -0.3 is 5.11 Å². The average Bonchev–Trinajstić information content (AvgIpc) is 2.98. The van der Waals surface area contributed by atoms with Gasteiger partial charge in [0.1, 0.15) is 0 Å². The second kappa shape index (κ2) is 7.94. The molecular weight excluding hydrogens is 352 g/mol. The third kappa shape index (κ3) is 3.68. The molecule has 1 N–H and O–H groups in total. The van der Waals surface area contributed by atoms with Crippen molar-refractivity contribution in [3.8, 4) is 5.88 Å². The first-order valence-electron chi connectivity index (χ1n) is 9.69. The van der Waals surface area contributed by atoms with E-state index in [0.29, 0.717) is 17.9 Å². The van der Waals surface area contributed by atoms with E-state index in [2.05, 4.69) is 15.1 Å². The van der Waals surface area contributed by atoms with Crippen molar-refractivity contribution < 1.29 is 9.90 Å². The van der Waals surface area contributed by atoms with Gasteiger partial charge in [-0.15, -0.1) is 10.2 Å². The minimum atomic E-state index is -0.420. The summed E-state index contributed by atoms with van der Waals surface area (Å²) in [6.07, 6.45) is 3.62. The van der Waals surface area contributed by atoms with E-state index in [4.69, 9.17) is 0 Å². The van der Waals surface area contributed by atoms with Crippen LogP contribution in [0.2, 0.25) is 0 Å². The number of carbonyl (C=O) groups is 1. The summed E-state index contributed by atoms with van der Waals surface area (Å²) in [6, 6.07) is 14.9. The molecule has 0 atom stereocenters.